The van der Waals surface area contributed by atoms with Crippen LogP contribution in [-0.2, 0) is 12.3 Å². The Balaban J connectivity index is 1.64. The number of nitrogens with zero attached hydrogens (tertiary/aromatic N) is 2. The van der Waals surface area contributed by atoms with Crippen LogP contribution in [0, 0.1) is 5.92 Å². The number of para-hydroxylation sites is 1. The number of fused-ring (bicyclic) bond motifs is 2. The highest BCUT2D eigenvalue weighted by atomic mass is 32.2. The lowest BCUT2D eigenvalue weighted by Gasteiger charge is -2.14. The first-order valence-corrected chi connectivity index (χ1v) is 10.1. The fourth-order valence-corrected chi connectivity index (χ4v) is 3.99. The van der Waals surface area contributed by atoms with Crippen molar-refractivity contribution in [2.75, 3.05) is 6.79 Å². The van der Waals surface area contributed by atoms with Crippen LogP contribution in [-0.4, -0.2) is 16.3 Å². The second-order valence-electron chi connectivity index (χ2n) is 7.03. The number of ether oxygens (including phenoxy) is 2. The molecule has 1 aliphatic heterocycles. The molecule has 2 heterocycles. The van der Waals surface area contributed by atoms with Gasteiger partial charge in [0.2, 0.25) is 6.79 Å². The van der Waals surface area contributed by atoms with Crippen LogP contribution in [0.5, 0.6) is 11.5 Å². The topological polar surface area (TPSA) is 53.4 Å². The Bertz CT molecular complexity index is 1030. The van der Waals surface area contributed by atoms with Crippen molar-refractivity contribution < 1.29 is 9.47 Å². The molecule has 0 atom stereocenters. The minimum atomic E-state index is 0.0365. The molecule has 0 spiro atoms. The first-order chi connectivity index (χ1) is 13.1. The molecule has 0 fully saturated rings. The van der Waals surface area contributed by atoms with Crippen molar-refractivity contribution in [1.29, 1.82) is 0 Å². The Morgan fingerprint density at radius 2 is 1.96 bits per heavy atom. The summed E-state index contributed by atoms with van der Waals surface area (Å²) in [4.78, 5) is 17.8. The zero-order valence-corrected chi connectivity index (χ0v) is 16.3. The van der Waals surface area contributed by atoms with Gasteiger partial charge < -0.3 is 9.47 Å². The van der Waals surface area contributed by atoms with E-state index in [0.717, 1.165) is 34.2 Å². The summed E-state index contributed by atoms with van der Waals surface area (Å²) in [5, 5.41) is 1.44. The van der Waals surface area contributed by atoms with Crippen molar-refractivity contribution in [2.45, 2.75) is 37.7 Å². The van der Waals surface area contributed by atoms with Crippen LogP contribution < -0.4 is 15.0 Å². The van der Waals surface area contributed by atoms with Crippen molar-refractivity contribution in [3.63, 3.8) is 0 Å². The monoisotopic (exact) mass is 382 g/mol. The lowest BCUT2D eigenvalue weighted by Crippen LogP contribution is -2.24. The number of hydrogen-bond donors (Lipinski definition) is 0. The molecular weight excluding hydrogens is 360 g/mol. The van der Waals surface area contributed by atoms with E-state index in [9.17, 15) is 4.79 Å². The lowest BCUT2D eigenvalue weighted by molar-refractivity contribution is 0.174. The van der Waals surface area contributed by atoms with Gasteiger partial charge in [-0.25, -0.2) is 4.98 Å². The zero-order chi connectivity index (χ0) is 18.8. The van der Waals surface area contributed by atoms with Gasteiger partial charge >= 0.3 is 0 Å². The Kier molecular flexibility index (Phi) is 5.07. The average molecular weight is 382 g/mol. The predicted molar refractivity (Wildman–Crippen MR) is 108 cm³/mol. The molecule has 0 amide bonds. The third kappa shape index (κ3) is 3.81. The molecule has 0 bridgehead atoms. The van der Waals surface area contributed by atoms with E-state index < -0.39 is 0 Å². The van der Waals surface area contributed by atoms with Gasteiger partial charge in [0.15, 0.2) is 16.7 Å². The van der Waals surface area contributed by atoms with Crippen LogP contribution in [0.15, 0.2) is 52.4 Å². The standard InChI is InChI=1S/C21H22N2O3S/c1-14(2)9-10-23-20(24)16-5-3-4-6-17(16)22-21(23)27-12-15-7-8-18-19(11-15)26-13-25-18/h3-8,11,14H,9-10,12-13H2,1-2H3. The van der Waals surface area contributed by atoms with E-state index >= 15 is 0 Å². The maximum atomic E-state index is 13.0. The molecule has 140 valence electrons. The van der Waals surface area contributed by atoms with Crippen molar-refractivity contribution in [3.8, 4) is 11.5 Å². The molecule has 1 aliphatic rings. The van der Waals surface area contributed by atoms with Crippen LogP contribution in [0.25, 0.3) is 10.9 Å². The second-order valence-corrected chi connectivity index (χ2v) is 7.97. The summed E-state index contributed by atoms with van der Waals surface area (Å²) in [6.45, 7) is 5.28. The summed E-state index contributed by atoms with van der Waals surface area (Å²) < 4.78 is 12.6. The maximum absolute atomic E-state index is 13.0. The molecule has 0 unspecified atom stereocenters. The molecule has 4 rings (SSSR count). The molecule has 27 heavy (non-hydrogen) atoms. The molecule has 0 radical (unpaired) electrons. The Morgan fingerprint density at radius 3 is 2.81 bits per heavy atom. The van der Waals surface area contributed by atoms with E-state index in [1.165, 1.54) is 0 Å². The second kappa shape index (κ2) is 7.64. The smallest absolute Gasteiger partial charge is 0.262 e. The molecule has 0 saturated heterocycles. The summed E-state index contributed by atoms with van der Waals surface area (Å²) >= 11 is 1.58. The van der Waals surface area contributed by atoms with Crippen molar-refractivity contribution in [2.24, 2.45) is 5.92 Å². The van der Waals surface area contributed by atoms with Gasteiger partial charge in [-0.2, -0.15) is 0 Å². The number of benzene rings is 2. The van der Waals surface area contributed by atoms with E-state index in [1.807, 2.05) is 47.0 Å². The summed E-state index contributed by atoms with van der Waals surface area (Å²) in [6.07, 6.45) is 0.942. The fourth-order valence-electron chi connectivity index (χ4n) is 3.02. The molecule has 0 aliphatic carbocycles. The largest absolute Gasteiger partial charge is 0.454 e. The minimum absolute atomic E-state index is 0.0365. The molecule has 3 aromatic rings. The normalized spacial score (nSPS) is 12.9. The van der Waals surface area contributed by atoms with E-state index in [1.54, 1.807) is 11.8 Å². The molecule has 6 heteroatoms. The van der Waals surface area contributed by atoms with Crippen molar-refractivity contribution in [1.82, 2.24) is 9.55 Å². The molecule has 0 saturated carbocycles. The van der Waals surface area contributed by atoms with Gasteiger partial charge in [-0.05, 0) is 42.2 Å². The van der Waals surface area contributed by atoms with Crippen LogP contribution in [0.1, 0.15) is 25.8 Å². The van der Waals surface area contributed by atoms with Crippen molar-refractivity contribution in [3.05, 3.63) is 58.4 Å². The molecular formula is C21H22N2O3S. The first kappa shape index (κ1) is 17.9. The highest BCUT2D eigenvalue weighted by Gasteiger charge is 2.15. The summed E-state index contributed by atoms with van der Waals surface area (Å²) in [7, 11) is 0. The quantitative estimate of drug-likeness (QED) is 0.465. The lowest BCUT2D eigenvalue weighted by atomic mass is 10.1. The van der Waals surface area contributed by atoms with Crippen LogP contribution in [0.2, 0.25) is 0 Å². The molecule has 2 aromatic carbocycles. The summed E-state index contributed by atoms with van der Waals surface area (Å²) in [5.74, 6) is 2.79. The van der Waals surface area contributed by atoms with E-state index in [-0.39, 0.29) is 12.4 Å². The highest BCUT2D eigenvalue weighted by Crippen LogP contribution is 2.34. The van der Waals surface area contributed by atoms with Gasteiger partial charge in [0.05, 0.1) is 10.9 Å². The number of hydrogen-bond acceptors (Lipinski definition) is 5. The first-order valence-electron chi connectivity index (χ1n) is 9.13. The number of rotatable bonds is 6. The van der Waals surface area contributed by atoms with Crippen molar-refractivity contribution >= 4 is 22.7 Å². The highest BCUT2D eigenvalue weighted by molar-refractivity contribution is 7.98. The van der Waals surface area contributed by atoms with E-state index in [2.05, 4.69) is 13.8 Å². The van der Waals surface area contributed by atoms with Gasteiger partial charge in [0, 0.05) is 12.3 Å². The van der Waals surface area contributed by atoms with Gasteiger partial charge in [-0.1, -0.05) is 43.8 Å². The van der Waals surface area contributed by atoms with Gasteiger partial charge in [0.25, 0.3) is 5.56 Å². The van der Waals surface area contributed by atoms with Gasteiger partial charge in [0.1, 0.15) is 0 Å². The SMILES string of the molecule is CC(C)CCn1c(SCc2ccc3c(c2)OCO3)nc2ccccc2c1=O. The maximum Gasteiger partial charge on any atom is 0.262 e. The Hall–Kier alpha value is -2.47. The van der Waals surface area contributed by atoms with E-state index in [0.29, 0.717) is 23.6 Å². The predicted octanol–water partition coefficient (Wildman–Crippen LogP) is 4.46. The van der Waals surface area contributed by atoms with Crippen LogP contribution >= 0.6 is 11.8 Å². The molecule has 5 nitrogen and oxygen atoms in total. The van der Waals surface area contributed by atoms with Crippen LogP contribution in [0.3, 0.4) is 0 Å². The Morgan fingerprint density at radius 1 is 1.15 bits per heavy atom. The van der Waals surface area contributed by atoms with Gasteiger partial charge in [-0.3, -0.25) is 9.36 Å². The number of aromatic nitrogens is 2. The minimum Gasteiger partial charge on any atom is -0.454 e. The van der Waals surface area contributed by atoms with Gasteiger partial charge in [-0.15, -0.1) is 0 Å². The summed E-state index contributed by atoms with van der Waals surface area (Å²) in [6, 6.07) is 13.5. The molecule has 1 aromatic heterocycles. The third-order valence-electron chi connectivity index (χ3n) is 4.56. The molecule has 0 N–H and O–H groups in total. The fraction of sp³-hybridized carbons (Fsp3) is 0.333. The average Bonchev–Trinajstić information content (AvgIpc) is 3.13. The Labute approximate surface area is 162 Å². The van der Waals surface area contributed by atoms with E-state index in [4.69, 9.17) is 14.5 Å². The number of thioether (sulfide) groups is 1. The third-order valence-corrected chi connectivity index (χ3v) is 5.61. The van der Waals surface area contributed by atoms with Crippen LogP contribution in [0.4, 0.5) is 0 Å². The zero-order valence-electron chi connectivity index (χ0n) is 15.5. The summed E-state index contributed by atoms with van der Waals surface area (Å²) in [5.41, 5.74) is 1.90.